The number of nitro benzene ring substituents is 1. The molecule has 1 N–H and O–H groups in total. The van der Waals surface area contributed by atoms with Crippen molar-refractivity contribution in [2.45, 2.75) is 13.8 Å². The third-order valence-corrected chi connectivity index (χ3v) is 2.82. The smallest absolute Gasteiger partial charge is 0.292 e. The third kappa shape index (κ3) is 2.97. The number of carbonyl (C=O) groups is 1. The van der Waals surface area contributed by atoms with Gasteiger partial charge in [0.25, 0.3) is 11.6 Å². The normalized spacial score (nSPS) is 10.2. The second-order valence-corrected chi connectivity index (χ2v) is 4.38. The van der Waals surface area contributed by atoms with Gasteiger partial charge in [-0.05, 0) is 19.9 Å². The molecule has 0 fully saturated rings. The van der Waals surface area contributed by atoms with Crippen LogP contribution in [0.1, 0.15) is 21.9 Å². The Balaban J connectivity index is 2.40. The highest BCUT2D eigenvalue weighted by Gasteiger charge is 2.20. The molecule has 0 aliphatic carbocycles. The van der Waals surface area contributed by atoms with Crippen molar-refractivity contribution < 1.29 is 14.1 Å². The van der Waals surface area contributed by atoms with Crippen LogP contribution in [0.4, 0.5) is 11.4 Å². The summed E-state index contributed by atoms with van der Waals surface area (Å²) in [7, 11) is 0. The predicted molar refractivity (Wildman–Crippen MR) is 75.5 cm³/mol. The van der Waals surface area contributed by atoms with Gasteiger partial charge in [0.2, 0.25) is 0 Å². The molecule has 0 saturated carbocycles. The highest BCUT2D eigenvalue weighted by Crippen LogP contribution is 2.23. The zero-order valence-corrected chi connectivity index (χ0v) is 11.4. The summed E-state index contributed by atoms with van der Waals surface area (Å²) >= 11 is 0. The molecule has 7 nitrogen and oxygen atoms in total. The quantitative estimate of drug-likeness (QED) is 0.690. The number of nitrogens with one attached hydrogen (secondary N) is 1. The summed E-state index contributed by atoms with van der Waals surface area (Å²) in [6.07, 6.45) is 0. The van der Waals surface area contributed by atoms with E-state index < -0.39 is 16.3 Å². The van der Waals surface area contributed by atoms with Gasteiger partial charge >= 0.3 is 0 Å². The zero-order valence-electron chi connectivity index (χ0n) is 11.4. The molecule has 0 spiro atoms. The van der Waals surface area contributed by atoms with Crippen LogP contribution in [0.5, 0.6) is 0 Å². The van der Waals surface area contributed by atoms with Crippen LogP contribution >= 0.6 is 0 Å². The average molecular weight is 288 g/mol. The first-order chi connectivity index (χ1) is 9.90. The first-order valence-corrected chi connectivity index (χ1v) is 6.06. The van der Waals surface area contributed by atoms with E-state index in [4.69, 9.17) is 4.42 Å². The maximum Gasteiger partial charge on any atom is 0.292 e. The predicted octanol–water partition coefficient (Wildman–Crippen LogP) is 2.42. The first kappa shape index (κ1) is 14.4. The number of anilines is 1. The molecule has 1 amide bonds. The van der Waals surface area contributed by atoms with Crippen molar-refractivity contribution in [2.24, 2.45) is 0 Å². The SMILES string of the molecule is Cc1cc(=O)c(C(=O)Nc2ccccc2[N+](=O)[O-])c(C)o1. The van der Waals surface area contributed by atoms with Gasteiger partial charge in [-0.2, -0.15) is 0 Å². The monoisotopic (exact) mass is 288 g/mol. The van der Waals surface area contributed by atoms with Crippen LogP contribution in [0.2, 0.25) is 0 Å². The molecule has 21 heavy (non-hydrogen) atoms. The van der Waals surface area contributed by atoms with E-state index in [-0.39, 0.29) is 22.7 Å². The number of hydrogen-bond acceptors (Lipinski definition) is 5. The highest BCUT2D eigenvalue weighted by molar-refractivity contribution is 6.05. The van der Waals surface area contributed by atoms with E-state index in [0.717, 1.165) is 0 Å². The van der Waals surface area contributed by atoms with Gasteiger partial charge in [0.1, 0.15) is 22.8 Å². The Morgan fingerprint density at radius 2 is 1.95 bits per heavy atom. The fraction of sp³-hybridized carbons (Fsp3) is 0.143. The summed E-state index contributed by atoms with van der Waals surface area (Å²) in [6.45, 7) is 3.08. The van der Waals surface area contributed by atoms with Crippen molar-refractivity contribution in [1.29, 1.82) is 0 Å². The molecule has 0 atom stereocenters. The Morgan fingerprint density at radius 3 is 2.57 bits per heavy atom. The van der Waals surface area contributed by atoms with Gasteiger partial charge in [-0.15, -0.1) is 0 Å². The lowest BCUT2D eigenvalue weighted by molar-refractivity contribution is -0.383. The van der Waals surface area contributed by atoms with Crippen molar-refractivity contribution in [3.05, 3.63) is 67.8 Å². The molecule has 1 heterocycles. The minimum atomic E-state index is -0.740. The molecule has 0 aliphatic rings. The van der Waals surface area contributed by atoms with E-state index in [2.05, 4.69) is 5.32 Å². The van der Waals surface area contributed by atoms with Crippen molar-refractivity contribution in [1.82, 2.24) is 0 Å². The summed E-state index contributed by atoms with van der Waals surface area (Å²) in [5.74, 6) is -0.189. The summed E-state index contributed by atoms with van der Waals surface area (Å²) in [4.78, 5) is 34.3. The van der Waals surface area contributed by atoms with Crippen molar-refractivity contribution in [2.75, 3.05) is 5.32 Å². The van der Waals surface area contributed by atoms with Gasteiger partial charge in [0.05, 0.1) is 4.92 Å². The summed E-state index contributed by atoms with van der Waals surface area (Å²) in [6, 6.07) is 6.88. The van der Waals surface area contributed by atoms with Gasteiger partial charge in [-0.25, -0.2) is 0 Å². The minimum absolute atomic E-state index is 0.0203. The number of nitrogens with zero attached hydrogens (tertiary/aromatic N) is 1. The number of benzene rings is 1. The first-order valence-electron chi connectivity index (χ1n) is 6.06. The highest BCUT2D eigenvalue weighted by atomic mass is 16.6. The van der Waals surface area contributed by atoms with Gasteiger partial charge in [-0.1, -0.05) is 12.1 Å². The number of carbonyl (C=O) groups excluding carboxylic acids is 1. The summed E-state index contributed by atoms with van der Waals surface area (Å²) in [5, 5.41) is 13.3. The minimum Gasteiger partial charge on any atom is -0.466 e. The van der Waals surface area contributed by atoms with Crippen LogP contribution in [-0.4, -0.2) is 10.8 Å². The molecule has 108 valence electrons. The van der Waals surface area contributed by atoms with Crippen LogP contribution in [0.3, 0.4) is 0 Å². The molecule has 0 bridgehead atoms. The number of hydrogen-bond donors (Lipinski definition) is 1. The van der Waals surface area contributed by atoms with E-state index in [1.807, 2.05) is 0 Å². The van der Waals surface area contributed by atoms with Gasteiger partial charge in [-0.3, -0.25) is 19.7 Å². The molecule has 1 aromatic heterocycles. The van der Waals surface area contributed by atoms with E-state index >= 15 is 0 Å². The molecular weight excluding hydrogens is 276 g/mol. The summed E-state index contributed by atoms with van der Waals surface area (Å²) in [5.41, 5.74) is -0.891. The van der Waals surface area contributed by atoms with E-state index in [0.29, 0.717) is 5.76 Å². The fourth-order valence-corrected chi connectivity index (χ4v) is 1.95. The van der Waals surface area contributed by atoms with Crippen LogP contribution < -0.4 is 10.7 Å². The number of para-hydroxylation sites is 2. The third-order valence-electron chi connectivity index (χ3n) is 2.82. The van der Waals surface area contributed by atoms with E-state index in [1.165, 1.54) is 31.2 Å². The lowest BCUT2D eigenvalue weighted by Gasteiger charge is -2.07. The summed E-state index contributed by atoms with van der Waals surface area (Å²) < 4.78 is 5.23. The van der Waals surface area contributed by atoms with Crippen molar-refractivity contribution in [3.63, 3.8) is 0 Å². The molecular formula is C14H12N2O5. The van der Waals surface area contributed by atoms with E-state index in [1.54, 1.807) is 13.0 Å². The molecule has 0 unspecified atom stereocenters. The zero-order chi connectivity index (χ0) is 15.6. The molecule has 1 aromatic carbocycles. The van der Waals surface area contributed by atoms with Gasteiger partial charge < -0.3 is 9.73 Å². The number of rotatable bonds is 3. The molecule has 2 rings (SSSR count). The topological polar surface area (TPSA) is 102 Å². The van der Waals surface area contributed by atoms with Crippen molar-refractivity contribution in [3.8, 4) is 0 Å². The molecule has 0 saturated heterocycles. The molecule has 0 radical (unpaired) electrons. The van der Waals surface area contributed by atoms with Gasteiger partial charge in [0, 0.05) is 12.1 Å². The van der Waals surface area contributed by atoms with Crippen LogP contribution in [-0.2, 0) is 0 Å². The Hall–Kier alpha value is -2.96. The Kier molecular flexibility index (Phi) is 3.84. The number of nitro groups is 1. The number of amides is 1. The molecule has 2 aromatic rings. The standard InChI is InChI=1S/C14H12N2O5/c1-8-7-12(17)13(9(2)21-8)14(18)15-10-5-3-4-6-11(10)16(19)20/h3-7H,1-2H3,(H,15,18). The Bertz CT molecular complexity index is 779. The van der Waals surface area contributed by atoms with Gasteiger partial charge in [0.15, 0.2) is 5.43 Å². The number of aryl methyl sites for hydroxylation is 2. The molecule has 7 heteroatoms. The maximum atomic E-state index is 12.1. The maximum absolute atomic E-state index is 12.1. The second kappa shape index (κ2) is 5.58. The van der Waals surface area contributed by atoms with Crippen LogP contribution in [0, 0.1) is 24.0 Å². The van der Waals surface area contributed by atoms with Crippen LogP contribution in [0.15, 0.2) is 39.5 Å². The molecule has 0 aliphatic heterocycles. The van der Waals surface area contributed by atoms with Crippen LogP contribution in [0.25, 0.3) is 0 Å². The Labute approximate surface area is 119 Å². The fourth-order valence-electron chi connectivity index (χ4n) is 1.95. The lowest BCUT2D eigenvalue weighted by atomic mass is 10.1. The lowest BCUT2D eigenvalue weighted by Crippen LogP contribution is -2.23. The average Bonchev–Trinajstić information content (AvgIpc) is 2.37. The van der Waals surface area contributed by atoms with Crippen molar-refractivity contribution >= 4 is 17.3 Å². The Morgan fingerprint density at radius 1 is 1.29 bits per heavy atom. The second-order valence-electron chi connectivity index (χ2n) is 4.38. The largest absolute Gasteiger partial charge is 0.466 e. The van der Waals surface area contributed by atoms with E-state index in [9.17, 15) is 19.7 Å².